The highest BCUT2D eigenvalue weighted by Gasteiger charge is 2.45. The van der Waals surface area contributed by atoms with E-state index in [2.05, 4.69) is 19.2 Å². The molecule has 3 rings (SSSR count). The second-order valence-corrected chi connectivity index (χ2v) is 5.07. The number of hydrogen-bond donors (Lipinski definition) is 0. The summed E-state index contributed by atoms with van der Waals surface area (Å²) in [5, 5.41) is 0.0943. The zero-order valence-electron chi connectivity index (χ0n) is 12.4. The van der Waals surface area contributed by atoms with Crippen LogP contribution in [0.1, 0.15) is 10.5 Å². The number of hydrogen-bond acceptors (Lipinski definition) is 6. The van der Waals surface area contributed by atoms with Crippen LogP contribution in [0.3, 0.4) is 0 Å². The molecule has 6 nitrogen and oxygen atoms in total. The minimum absolute atomic E-state index is 0.00434. The van der Waals surface area contributed by atoms with E-state index in [1.165, 1.54) is 38.5 Å². The fourth-order valence-electron chi connectivity index (χ4n) is 2.23. The van der Waals surface area contributed by atoms with Gasteiger partial charge in [0.05, 0.1) is 24.9 Å². The van der Waals surface area contributed by atoms with E-state index in [1.807, 2.05) is 0 Å². The second kappa shape index (κ2) is 5.79. The van der Waals surface area contributed by atoms with Crippen molar-refractivity contribution in [3.63, 3.8) is 0 Å². The summed E-state index contributed by atoms with van der Waals surface area (Å²) in [6, 6.07) is 5.70. The first-order valence-electron chi connectivity index (χ1n) is 6.58. The Morgan fingerprint density at radius 3 is 2.62 bits per heavy atom. The van der Waals surface area contributed by atoms with Gasteiger partial charge in [-0.25, -0.2) is 9.78 Å². The van der Waals surface area contributed by atoms with Crippen LogP contribution >= 0.6 is 11.6 Å². The van der Waals surface area contributed by atoms with Gasteiger partial charge >= 0.3 is 12.3 Å². The standard InChI is InChI=1S/C15H10ClF2NO5/c1-21-12-7(3-6-10-13(12)24-15(17,18)23-10)9-5-4-8(16)11(19-9)14(20)22-2/h3-6H,1-2H3. The van der Waals surface area contributed by atoms with E-state index in [1.54, 1.807) is 0 Å². The van der Waals surface area contributed by atoms with Crippen molar-refractivity contribution >= 4 is 17.6 Å². The Morgan fingerprint density at radius 2 is 1.96 bits per heavy atom. The number of halogens is 3. The number of rotatable bonds is 3. The number of esters is 1. The Kier molecular flexibility index (Phi) is 3.92. The largest absolute Gasteiger partial charge is 0.586 e. The first kappa shape index (κ1) is 16.3. The first-order valence-corrected chi connectivity index (χ1v) is 6.96. The second-order valence-electron chi connectivity index (χ2n) is 4.66. The number of carbonyl (C=O) groups excluding carboxylic acids is 1. The maximum absolute atomic E-state index is 13.3. The van der Waals surface area contributed by atoms with Gasteiger partial charge in [-0.05, 0) is 24.3 Å². The molecule has 126 valence electrons. The lowest BCUT2D eigenvalue weighted by atomic mass is 10.1. The number of nitrogens with zero attached hydrogens (tertiary/aromatic N) is 1. The van der Waals surface area contributed by atoms with Crippen molar-refractivity contribution in [2.45, 2.75) is 6.29 Å². The fourth-order valence-corrected chi connectivity index (χ4v) is 2.41. The molecule has 1 aliphatic heterocycles. The zero-order chi connectivity index (χ0) is 17.5. The summed E-state index contributed by atoms with van der Waals surface area (Å²) in [5.41, 5.74) is 0.472. The van der Waals surface area contributed by atoms with Crippen LogP contribution in [0.25, 0.3) is 11.3 Å². The topological polar surface area (TPSA) is 66.9 Å². The van der Waals surface area contributed by atoms with Gasteiger partial charge in [-0.2, -0.15) is 0 Å². The number of methoxy groups -OCH3 is 2. The summed E-state index contributed by atoms with van der Waals surface area (Å²) in [7, 11) is 2.48. The molecule has 0 amide bonds. The molecule has 2 aromatic rings. The van der Waals surface area contributed by atoms with Gasteiger partial charge in [-0.1, -0.05) is 11.6 Å². The average molecular weight is 358 g/mol. The monoisotopic (exact) mass is 357 g/mol. The van der Waals surface area contributed by atoms with Crippen LogP contribution in [0, 0.1) is 0 Å². The van der Waals surface area contributed by atoms with Crippen molar-refractivity contribution in [3.8, 4) is 28.5 Å². The van der Waals surface area contributed by atoms with E-state index in [4.69, 9.17) is 16.3 Å². The number of benzene rings is 1. The van der Waals surface area contributed by atoms with Crippen LogP contribution in [0.15, 0.2) is 24.3 Å². The smallest absolute Gasteiger partial charge is 0.492 e. The molecule has 0 atom stereocenters. The van der Waals surface area contributed by atoms with Crippen LogP contribution in [-0.2, 0) is 4.74 Å². The Morgan fingerprint density at radius 1 is 1.21 bits per heavy atom. The highest BCUT2D eigenvalue weighted by Crippen LogP contribution is 2.50. The molecule has 0 radical (unpaired) electrons. The molecule has 0 bridgehead atoms. The van der Waals surface area contributed by atoms with E-state index < -0.39 is 12.3 Å². The molecule has 0 saturated carbocycles. The average Bonchev–Trinajstić information content (AvgIpc) is 2.87. The SMILES string of the molecule is COC(=O)c1nc(-c2ccc3c(c2OC)OC(F)(F)O3)ccc1Cl. The predicted molar refractivity (Wildman–Crippen MR) is 78.8 cm³/mol. The molecule has 0 aliphatic carbocycles. The van der Waals surface area contributed by atoms with Gasteiger partial charge < -0.3 is 18.9 Å². The van der Waals surface area contributed by atoms with E-state index in [0.29, 0.717) is 5.56 Å². The number of pyridine rings is 1. The Hall–Kier alpha value is -2.61. The zero-order valence-corrected chi connectivity index (χ0v) is 13.2. The Bertz CT molecular complexity index is 828. The van der Waals surface area contributed by atoms with Gasteiger partial charge in [0, 0.05) is 5.56 Å². The maximum Gasteiger partial charge on any atom is 0.586 e. The van der Waals surface area contributed by atoms with Crippen LogP contribution in [-0.4, -0.2) is 31.5 Å². The molecule has 2 heterocycles. The number of alkyl halides is 2. The number of aromatic nitrogens is 1. The lowest BCUT2D eigenvalue weighted by Crippen LogP contribution is -2.26. The molecule has 0 unspecified atom stereocenters. The molecule has 0 N–H and O–H groups in total. The highest BCUT2D eigenvalue weighted by molar-refractivity contribution is 6.33. The van der Waals surface area contributed by atoms with Crippen molar-refractivity contribution in [2.24, 2.45) is 0 Å². The van der Waals surface area contributed by atoms with Crippen LogP contribution in [0.2, 0.25) is 5.02 Å². The van der Waals surface area contributed by atoms with Crippen molar-refractivity contribution in [1.82, 2.24) is 4.98 Å². The molecule has 0 fully saturated rings. The summed E-state index contributed by atoms with van der Waals surface area (Å²) in [5.74, 6) is -1.15. The molecule has 0 saturated heterocycles. The lowest BCUT2D eigenvalue weighted by Gasteiger charge is -2.11. The quantitative estimate of drug-likeness (QED) is 0.783. The normalized spacial score (nSPS) is 14.4. The van der Waals surface area contributed by atoms with Crippen LogP contribution in [0.4, 0.5) is 8.78 Å². The van der Waals surface area contributed by atoms with Crippen molar-refractivity contribution < 1.29 is 32.5 Å². The van der Waals surface area contributed by atoms with Gasteiger partial charge in [0.1, 0.15) is 0 Å². The maximum atomic E-state index is 13.3. The molecule has 0 spiro atoms. The fraction of sp³-hybridized carbons (Fsp3) is 0.200. The van der Waals surface area contributed by atoms with Crippen LogP contribution in [0.5, 0.6) is 17.2 Å². The Balaban J connectivity index is 2.13. The van der Waals surface area contributed by atoms with Gasteiger partial charge in [0.25, 0.3) is 0 Å². The molecule has 24 heavy (non-hydrogen) atoms. The van der Waals surface area contributed by atoms with E-state index in [0.717, 1.165) is 0 Å². The highest BCUT2D eigenvalue weighted by atomic mass is 35.5. The summed E-state index contributed by atoms with van der Waals surface area (Å²) in [6.45, 7) is 0. The number of fused-ring (bicyclic) bond motifs is 1. The summed E-state index contributed by atoms with van der Waals surface area (Å²) >= 11 is 5.92. The van der Waals surface area contributed by atoms with Gasteiger partial charge in [-0.3, -0.25) is 0 Å². The van der Waals surface area contributed by atoms with Crippen molar-refractivity contribution in [2.75, 3.05) is 14.2 Å². The van der Waals surface area contributed by atoms with E-state index in [-0.39, 0.29) is 33.7 Å². The minimum atomic E-state index is -3.78. The molecule has 1 aromatic heterocycles. The third kappa shape index (κ3) is 2.69. The molecule has 1 aromatic carbocycles. The molecule has 1 aliphatic rings. The minimum Gasteiger partial charge on any atom is -0.492 e. The third-order valence-electron chi connectivity index (χ3n) is 3.23. The van der Waals surface area contributed by atoms with Gasteiger partial charge in [0.2, 0.25) is 5.75 Å². The van der Waals surface area contributed by atoms with Crippen LogP contribution < -0.4 is 14.2 Å². The first-order chi connectivity index (χ1) is 11.4. The molecular formula is C15H10ClF2NO5. The molecular weight excluding hydrogens is 348 g/mol. The summed E-state index contributed by atoms with van der Waals surface area (Å²) < 4.78 is 45.1. The van der Waals surface area contributed by atoms with Gasteiger partial charge in [0.15, 0.2) is 17.2 Å². The summed E-state index contributed by atoms with van der Waals surface area (Å²) in [6.07, 6.45) is -3.78. The number of carbonyl (C=O) groups is 1. The van der Waals surface area contributed by atoms with E-state index >= 15 is 0 Å². The third-order valence-corrected chi connectivity index (χ3v) is 3.54. The number of ether oxygens (including phenoxy) is 4. The molecule has 9 heteroatoms. The van der Waals surface area contributed by atoms with Crippen molar-refractivity contribution in [3.05, 3.63) is 35.0 Å². The predicted octanol–water partition coefficient (Wildman–Crippen LogP) is 3.52. The van der Waals surface area contributed by atoms with Crippen molar-refractivity contribution in [1.29, 1.82) is 0 Å². The Labute approximate surface area is 139 Å². The van der Waals surface area contributed by atoms with Gasteiger partial charge in [-0.15, -0.1) is 8.78 Å². The summed E-state index contributed by atoms with van der Waals surface area (Å²) in [4.78, 5) is 15.8. The lowest BCUT2D eigenvalue weighted by molar-refractivity contribution is -0.287. The van der Waals surface area contributed by atoms with E-state index in [9.17, 15) is 13.6 Å².